The van der Waals surface area contributed by atoms with Crippen LogP contribution in [0.25, 0.3) is 10.6 Å². The Labute approximate surface area is 137 Å². The molecule has 0 aliphatic carbocycles. The molecule has 0 radical (unpaired) electrons. The van der Waals surface area contributed by atoms with Crippen molar-refractivity contribution < 1.29 is 14.7 Å². The molecular formula is C15H18N4O3S. The zero-order valence-electron chi connectivity index (χ0n) is 13.0. The molecule has 0 aromatic carbocycles. The van der Waals surface area contributed by atoms with Gasteiger partial charge in [0.1, 0.15) is 10.7 Å². The first-order valence-electron chi connectivity index (χ1n) is 7.44. The van der Waals surface area contributed by atoms with Crippen molar-refractivity contribution in [2.75, 3.05) is 6.54 Å². The number of aryl methyl sites for hydroxylation is 1. The third-order valence-electron chi connectivity index (χ3n) is 4.17. The Morgan fingerprint density at radius 1 is 1.39 bits per heavy atom. The maximum absolute atomic E-state index is 12.7. The van der Waals surface area contributed by atoms with E-state index in [1.54, 1.807) is 21.2 Å². The molecule has 2 atom stereocenters. The standard InChI is InChI=1S/C15H18N4O3S/c1-9-3-4-10(15(21)22)7-19(9)14(20)12-8-23-13(17-12)11-5-16-18(2)6-11/h5-6,8-10H,3-4,7H2,1-2H3,(H,21,22). The molecule has 0 saturated carbocycles. The summed E-state index contributed by atoms with van der Waals surface area (Å²) in [6.45, 7) is 2.19. The number of piperidine rings is 1. The van der Waals surface area contributed by atoms with Crippen LogP contribution in [-0.4, -0.2) is 49.2 Å². The minimum absolute atomic E-state index is 0.0293. The summed E-state index contributed by atoms with van der Waals surface area (Å²) in [6, 6.07) is 0.0293. The number of carbonyl (C=O) groups excluding carboxylic acids is 1. The number of thiazole rings is 1. The topological polar surface area (TPSA) is 88.3 Å². The summed E-state index contributed by atoms with van der Waals surface area (Å²) in [4.78, 5) is 29.9. The van der Waals surface area contributed by atoms with Gasteiger partial charge in [0.15, 0.2) is 0 Å². The van der Waals surface area contributed by atoms with Gasteiger partial charge in [-0.05, 0) is 19.8 Å². The minimum atomic E-state index is -0.843. The summed E-state index contributed by atoms with van der Waals surface area (Å²) in [6.07, 6.45) is 4.86. The van der Waals surface area contributed by atoms with Gasteiger partial charge in [-0.2, -0.15) is 5.10 Å². The first kappa shape index (κ1) is 15.7. The number of aromatic nitrogens is 3. The van der Waals surface area contributed by atoms with Crippen molar-refractivity contribution in [2.45, 2.75) is 25.8 Å². The fourth-order valence-corrected chi connectivity index (χ4v) is 3.54. The highest BCUT2D eigenvalue weighted by molar-refractivity contribution is 7.13. The Morgan fingerprint density at radius 3 is 2.83 bits per heavy atom. The molecule has 3 rings (SSSR count). The molecule has 8 heteroatoms. The van der Waals surface area contributed by atoms with Crippen LogP contribution in [0.3, 0.4) is 0 Å². The number of likely N-dealkylation sites (tertiary alicyclic amines) is 1. The maximum Gasteiger partial charge on any atom is 0.308 e. The predicted octanol–water partition coefficient (Wildman–Crippen LogP) is 1.87. The minimum Gasteiger partial charge on any atom is -0.481 e. The smallest absolute Gasteiger partial charge is 0.308 e. The van der Waals surface area contributed by atoms with Gasteiger partial charge < -0.3 is 10.0 Å². The van der Waals surface area contributed by atoms with Crippen LogP contribution in [0.15, 0.2) is 17.8 Å². The van der Waals surface area contributed by atoms with Gasteiger partial charge in [0.2, 0.25) is 0 Å². The summed E-state index contributed by atoms with van der Waals surface area (Å²) >= 11 is 1.39. The van der Waals surface area contributed by atoms with Gasteiger partial charge in [0.25, 0.3) is 5.91 Å². The summed E-state index contributed by atoms with van der Waals surface area (Å²) < 4.78 is 1.68. The van der Waals surface area contributed by atoms with Crippen molar-refractivity contribution in [1.29, 1.82) is 0 Å². The van der Waals surface area contributed by atoms with E-state index in [9.17, 15) is 14.7 Å². The quantitative estimate of drug-likeness (QED) is 0.926. The van der Waals surface area contributed by atoms with Gasteiger partial charge in [0, 0.05) is 36.8 Å². The fraction of sp³-hybridized carbons (Fsp3) is 0.467. The average Bonchev–Trinajstić information content (AvgIpc) is 3.15. The average molecular weight is 334 g/mol. The first-order valence-corrected chi connectivity index (χ1v) is 8.32. The van der Waals surface area contributed by atoms with E-state index >= 15 is 0 Å². The van der Waals surface area contributed by atoms with Crippen LogP contribution in [-0.2, 0) is 11.8 Å². The molecule has 1 aliphatic heterocycles. The van der Waals surface area contributed by atoms with Crippen molar-refractivity contribution in [2.24, 2.45) is 13.0 Å². The number of carbonyl (C=O) groups is 2. The number of carboxylic acid groups (broad SMARTS) is 1. The van der Waals surface area contributed by atoms with E-state index in [4.69, 9.17) is 0 Å². The van der Waals surface area contributed by atoms with Crippen LogP contribution in [0.2, 0.25) is 0 Å². The number of nitrogens with zero attached hydrogens (tertiary/aromatic N) is 4. The molecule has 2 unspecified atom stereocenters. The molecule has 23 heavy (non-hydrogen) atoms. The van der Waals surface area contributed by atoms with Crippen molar-refractivity contribution in [3.63, 3.8) is 0 Å². The van der Waals surface area contributed by atoms with Crippen molar-refractivity contribution >= 4 is 23.2 Å². The second-order valence-electron chi connectivity index (χ2n) is 5.86. The Morgan fingerprint density at radius 2 is 2.17 bits per heavy atom. The van der Waals surface area contributed by atoms with E-state index < -0.39 is 11.9 Å². The van der Waals surface area contributed by atoms with Gasteiger partial charge >= 0.3 is 5.97 Å². The molecule has 0 bridgehead atoms. The molecule has 3 heterocycles. The second kappa shape index (κ2) is 6.11. The third-order valence-corrected chi connectivity index (χ3v) is 5.06. The van der Waals surface area contributed by atoms with Crippen LogP contribution in [0.1, 0.15) is 30.3 Å². The van der Waals surface area contributed by atoms with E-state index in [0.717, 1.165) is 10.6 Å². The fourth-order valence-electron chi connectivity index (χ4n) is 2.77. The van der Waals surface area contributed by atoms with Crippen LogP contribution in [0.4, 0.5) is 0 Å². The Hall–Kier alpha value is -2.22. The molecule has 2 aromatic rings. The lowest BCUT2D eigenvalue weighted by molar-refractivity contribution is -0.143. The molecule has 1 amide bonds. The van der Waals surface area contributed by atoms with Gasteiger partial charge in [-0.3, -0.25) is 14.3 Å². The second-order valence-corrected chi connectivity index (χ2v) is 6.72. The lowest BCUT2D eigenvalue weighted by Crippen LogP contribution is -2.47. The Balaban J connectivity index is 1.79. The molecule has 122 valence electrons. The van der Waals surface area contributed by atoms with E-state index in [2.05, 4.69) is 10.1 Å². The highest BCUT2D eigenvalue weighted by atomic mass is 32.1. The van der Waals surface area contributed by atoms with Crippen LogP contribution < -0.4 is 0 Å². The van der Waals surface area contributed by atoms with E-state index in [1.807, 2.05) is 20.2 Å². The predicted molar refractivity (Wildman–Crippen MR) is 85.2 cm³/mol. The van der Waals surface area contributed by atoms with Gasteiger partial charge in [-0.1, -0.05) is 0 Å². The van der Waals surface area contributed by atoms with E-state index in [0.29, 0.717) is 18.5 Å². The molecule has 1 aliphatic rings. The van der Waals surface area contributed by atoms with E-state index in [1.165, 1.54) is 11.3 Å². The van der Waals surface area contributed by atoms with Gasteiger partial charge in [0.05, 0.1) is 12.1 Å². The zero-order valence-corrected chi connectivity index (χ0v) is 13.8. The van der Waals surface area contributed by atoms with Crippen LogP contribution in [0, 0.1) is 5.92 Å². The largest absolute Gasteiger partial charge is 0.481 e. The normalized spacial score (nSPS) is 21.4. The molecular weight excluding hydrogens is 316 g/mol. The Kier molecular flexibility index (Phi) is 4.16. The lowest BCUT2D eigenvalue weighted by Gasteiger charge is -2.36. The van der Waals surface area contributed by atoms with Crippen LogP contribution in [0.5, 0.6) is 0 Å². The maximum atomic E-state index is 12.7. The summed E-state index contributed by atoms with van der Waals surface area (Å²) in [7, 11) is 1.82. The van der Waals surface area contributed by atoms with Gasteiger partial charge in [-0.25, -0.2) is 4.98 Å². The third kappa shape index (κ3) is 3.12. The molecule has 0 spiro atoms. The monoisotopic (exact) mass is 334 g/mol. The number of aliphatic carboxylic acids is 1. The van der Waals surface area contributed by atoms with Crippen molar-refractivity contribution in [3.8, 4) is 10.6 Å². The molecule has 2 aromatic heterocycles. The van der Waals surface area contributed by atoms with Crippen molar-refractivity contribution in [1.82, 2.24) is 19.7 Å². The SMILES string of the molecule is CC1CCC(C(=O)O)CN1C(=O)c1csc(-c2cnn(C)c2)n1. The molecule has 7 nitrogen and oxygen atoms in total. The number of hydrogen-bond donors (Lipinski definition) is 1. The first-order chi connectivity index (χ1) is 11.0. The number of rotatable bonds is 3. The van der Waals surface area contributed by atoms with Gasteiger partial charge in [-0.15, -0.1) is 11.3 Å². The Bertz CT molecular complexity index is 739. The van der Waals surface area contributed by atoms with Crippen LogP contribution >= 0.6 is 11.3 Å². The van der Waals surface area contributed by atoms with Crippen molar-refractivity contribution in [3.05, 3.63) is 23.5 Å². The molecule has 1 fully saturated rings. The summed E-state index contributed by atoms with van der Waals surface area (Å²) in [5.41, 5.74) is 1.23. The summed E-state index contributed by atoms with van der Waals surface area (Å²) in [5, 5.41) is 15.8. The number of amides is 1. The highest BCUT2D eigenvalue weighted by Crippen LogP contribution is 2.27. The molecule has 1 saturated heterocycles. The summed E-state index contributed by atoms with van der Waals surface area (Å²) in [5.74, 6) is -1.54. The number of hydrogen-bond acceptors (Lipinski definition) is 5. The highest BCUT2D eigenvalue weighted by Gasteiger charge is 2.33. The zero-order chi connectivity index (χ0) is 16.6. The van der Waals surface area contributed by atoms with E-state index in [-0.39, 0.29) is 18.5 Å². The lowest BCUT2D eigenvalue weighted by atomic mass is 9.93. The number of carboxylic acids is 1. The molecule has 1 N–H and O–H groups in total.